The number of nitrogens with zero attached hydrogens (tertiary/aromatic N) is 3. The summed E-state index contributed by atoms with van der Waals surface area (Å²) in [6, 6.07) is 17.2. The molecular formula is C23H26N4O2S2. The van der Waals surface area contributed by atoms with Crippen LogP contribution in [-0.4, -0.2) is 29.2 Å². The first-order chi connectivity index (χ1) is 15.1. The van der Waals surface area contributed by atoms with Crippen LogP contribution < -0.4 is 4.72 Å². The third kappa shape index (κ3) is 4.24. The lowest BCUT2D eigenvalue weighted by atomic mass is 9.83. The maximum atomic E-state index is 12.8. The third-order valence-electron chi connectivity index (χ3n) is 6.42. The number of piperidine rings is 1. The van der Waals surface area contributed by atoms with E-state index in [9.17, 15) is 8.42 Å². The van der Waals surface area contributed by atoms with E-state index in [1.807, 2.05) is 12.1 Å². The minimum absolute atomic E-state index is 0.287. The highest BCUT2D eigenvalue weighted by molar-refractivity contribution is 7.93. The molecule has 1 aliphatic carbocycles. The second-order valence-electron chi connectivity index (χ2n) is 8.28. The number of aromatic nitrogens is 2. The van der Waals surface area contributed by atoms with Gasteiger partial charge in [-0.2, -0.15) is 4.37 Å². The number of hydrogen-bond acceptors (Lipinski definition) is 6. The van der Waals surface area contributed by atoms with Crippen LogP contribution in [0.15, 0.2) is 59.8 Å². The molecule has 6 nitrogen and oxygen atoms in total. The van der Waals surface area contributed by atoms with Gasteiger partial charge in [0.1, 0.15) is 6.33 Å². The van der Waals surface area contributed by atoms with Gasteiger partial charge < -0.3 is 0 Å². The normalized spacial score (nSPS) is 22.1. The summed E-state index contributed by atoms with van der Waals surface area (Å²) >= 11 is 1.03. The Kier molecular flexibility index (Phi) is 5.77. The van der Waals surface area contributed by atoms with Gasteiger partial charge in [0.15, 0.2) is 0 Å². The van der Waals surface area contributed by atoms with Crippen LogP contribution in [0.2, 0.25) is 0 Å². The summed E-state index contributed by atoms with van der Waals surface area (Å²) in [6.07, 6.45) is 8.10. The predicted molar refractivity (Wildman–Crippen MR) is 123 cm³/mol. The summed E-state index contributed by atoms with van der Waals surface area (Å²) in [5, 5.41) is 0.287. The van der Waals surface area contributed by atoms with Gasteiger partial charge in [0.25, 0.3) is 10.0 Å². The van der Waals surface area contributed by atoms with Crippen molar-refractivity contribution in [3.8, 4) is 0 Å². The van der Waals surface area contributed by atoms with E-state index in [4.69, 9.17) is 0 Å². The third-order valence-corrected chi connectivity index (χ3v) is 8.47. The van der Waals surface area contributed by atoms with E-state index in [-0.39, 0.29) is 5.13 Å². The molecule has 31 heavy (non-hydrogen) atoms. The van der Waals surface area contributed by atoms with Crippen molar-refractivity contribution in [1.82, 2.24) is 14.3 Å². The SMILES string of the molecule is O=S(=O)(Nc1ncns1)c1ccc2c(c1)CCC[C@@H]2N1CCCC[C@@H]1c1ccccc1. The molecule has 1 aromatic heterocycles. The lowest BCUT2D eigenvalue weighted by Gasteiger charge is -2.44. The highest BCUT2D eigenvalue weighted by atomic mass is 32.2. The van der Waals surface area contributed by atoms with E-state index < -0.39 is 10.0 Å². The van der Waals surface area contributed by atoms with Crippen molar-refractivity contribution in [2.45, 2.75) is 55.5 Å². The van der Waals surface area contributed by atoms with Crippen molar-refractivity contribution in [3.05, 3.63) is 71.5 Å². The van der Waals surface area contributed by atoms with Gasteiger partial charge in [0.2, 0.25) is 5.13 Å². The number of rotatable bonds is 5. The first kappa shape index (κ1) is 20.6. The van der Waals surface area contributed by atoms with Crippen molar-refractivity contribution in [1.29, 1.82) is 0 Å². The van der Waals surface area contributed by atoms with Crippen molar-refractivity contribution in [3.63, 3.8) is 0 Å². The van der Waals surface area contributed by atoms with Gasteiger partial charge in [-0.05, 0) is 67.5 Å². The standard InChI is InChI=1S/C23H26N4O2S2/c28-31(29,26-23-24-16-25-30-23)19-12-13-20-18(15-19)9-6-11-22(20)27-14-5-4-10-21(27)17-7-2-1-3-8-17/h1-3,7-8,12-13,15-16,21-22H,4-6,9-11,14H2,(H,24,25,26)/t21-,22+/m1/s1. The van der Waals surface area contributed by atoms with Crippen LogP contribution in [-0.2, 0) is 16.4 Å². The summed E-state index contributed by atoms with van der Waals surface area (Å²) in [7, 11) is -3.67. The minimum atomic E-state index is -3.67. The van der Waals surface area contributed by atoms with Crippen LogP contribution in [0.5, 0.6) is 0 Å². The van der Waals surface area contributed by atoms with E-state index in [0.29, 0.717) is 17.0 Å². The fourth-order valence-electron chi connectivity index (χ4n) is 5.03. The molecule has 0 amide bonds. The monoisotopic (exact) mass is 454 g/mol. The summed E-state index contributed by atoms with van der Waals surface area (Å²) < 4.78 is 32.0. The number of sulfonamides is 1. The van der Waals surface area contributed by atoms with Gasteiger partial charge in [0, 0.05) is 23.6 Å². The summed E-state index contributed by atoms with van der Waals surface area (Å²) in [5.41, 5.74) is 3.81. The lowest BCUT2D eigenvalue weighted by molar-refractivity contribution is 0.0835. The van der Waals surface area contributed by atoms with Gasteiger partial charge in [-0.3, -0.25) is 9.62 Å². The number of aryl methyl sites for hydroxylation is 1. The fraction of sp³-hybridized carbons (Fsp3) is 0.391. The molecule has 0 unspecified atom stereocenters. The molecule has 1 N–H and O–H groups in total. The number of fused-ring (bicyclic) bond motifs is 1. The van der Waals surface area contributed by atoms with Crippen LogP contribution in [0.1, 0.15) is 60.9 Å². The Morgan fingerprint density at radius 3 is 2.65 bits per heavy atom. The number of anilines is 1. The van der Waals surface area contributed by atoms with Crippen molar-refractivity contribution in [2.75, 3.05) is 11.3 Å². The van der Waals surface area contributed by atoms with Crippen LogP contribution in [0.4, 0.5) is 5.13 Å². The lowest BCUT2D eigenvalue weighted by Crippen LogP contribution is -2.38. The maximum absolute atomic E-state index is 12.8. The molecular weight excluding hydrogens is 428 g/mol. The van der Waals surface area contributed by atoms with Crippen LogP contribution in [0, 0.1) is 0 Å². The van der Waals surface area contributed by atoms with E-state index >= 15 is 0 Å². The zero-order valence-corrected chi connectivity index (χ0v) is 18.9. The molecule has 0 spiro atoms. The average molecular weight is 455 g/mol. The molecule has 1 fully saturated rings. The molecule has 2 aromatic carbocycles. The predicted octanol–water partition coefficient (Wildman–Crippen LogP) is 4.94. The topological polar surface area (TPSA) is 75.2 Å². The number of nitrogens with one attached hydrogen (secondary N) is 1. The van der Waals surface area contributed by atoms with Crippen molar-refractivity contribution >= 4 is 26.7 Å². The first-order valence-corrected chi connectivity index (χ1v) is 13.1. The Bertz CT molecular complexity index is 1130. The molecule has 2 atom stereocenters. The first-order valence-electron chi connectivity index (χ1n) is 10.8. The largest absolute Gasteiger partial charge is 0.289 e. The smallest absolute Gasteiger partial charge is 0.263 e. The summed E-state index contributed by atoms with van der Waals surface area (Å²) in [6.45, 7) is 1.09. The molecule has 2 heterocycles. The number of benzene rings is 2. The Balaban J connectivity index is 1.45. The number of likely N-dealkylation sites (tertiary alicyclic amines) is 1. The van der Waals surface area contributed by atoms with Gasteiger partial charge in [-0.25, -0.2) is 13.4 Å². The molecule has 1 aliphatic heterocycles. The van der Waals surface area contributed by atoms with Crippen molar-refractivity contribution < 1.29 is 8.42 Å². The average Bonchev–Trinajstić information content (AvgIpc) is 3.31. The van der Waals surface area contributed by atoms with E-state index in [2.05, 4.69) is 49.3 Å². The zero-order valence-electron chi connectivity index (χ0n) is 17.3. The van der Waals surface area contributed by atoms with E-state index in [0.717, 1.165) is 42.9 Å². The van der Waals surface area contributed by atoms with E-state index in [1.54, 1.807) is 6.07 Å². The Morgan fingerprint density at radius 1 is 1.00 bits per heavy atom. The van der Waals surface area contributed by atoms with Gasteiger partial charge in [-0.1, -0.05) is 42.8 Å². The highest BCUT2D eigenvalue weighted by Gasteiger charge is 2.33. The van der Waals surface area contributed by atoms with Crippen molar-refractivity contribution in [2.24, 2.45) is 0 Å². The molecule has 1 saturated heterocycles. The van der Waals surface area contributed by atoms with E-state index in [1.165, 1.54) is 36.7 Å². The van der Waals surface area contributed by atoms with Crippen LogP contribution in [0.3, 0.4) is 0 Å². The Hall–Kier alpha value is -2.29. The summed E-state index contributed by atoms with van der Waals surface area (Å²) in [5.74, 6) is 0. The number of hydrogen-bond donors (Lipinski definition) is 1. The van der Waals surface area contributed by atoms with Gasteiger partial charge >= 0.3 is 0 Å². The second-order valence-corrected chi connectivity index (χ2v) is 10.7. The van der Waals surface area contributed by atoms with Gasteiger partial charge in [-0.15, -0.1) is 0 Å². The molecule has 162 valence electrons. The van der Waals surface area contributed by atoms with Gasteiger partial charge in [0.05, 0.1) is 4.90 Å². The Morgan fingerprint density at radius 2 is 1.84 bits per heavy atom. The molecule has 5 rings (SSSR count). The highest BCUT2D eigenvalue weighted by Crippen LogP contribution is 2.43. The second kappa shape index (κ2) is 8.68. The molecule has 8 heteroatoms. The molecule has 3 aromatic rings. The quantitative estimate of drug-likeness (QED) is 0.591. The molecule has 0 bridgehead atoms. The summed E-state index contributed by atoms with van der Waals surface area (Å²) in [4.78, 5) is 6.88. The molecule has 2 aliphatic rings. The zero-order chi connectivity index (χ0) is 21.3. The van der Waals surface area contributed by atoms with Crippen LogP contribution in [0.25, 0.3) is 0 Å². The van der Waals surface area contributed by atoms with Crippen LogP contribution >= 0.6 is 11.5 Å². The minimum Gasteiger partial charge on any atom is -0.289 e. The maximum Gasteiger partial charge on any atom is 0.263 e. The molecule has 0 saturated carbocycles. The molecule has 0 radical (unpaired) electrons. The Labute approximate surface area is 187 Å². The fourth-order valence-corrected chi connectivity index (χ4v) is 6.74.